The van der Waals surface area contributed by atoms with Crippen LogP contribution in [0.15, 0.2) is 66.7 Å². The van der Waals surface area contributed by atoms with Crippen LogP contribution in [0.25, 0.3) is 10.8 Å². The lowest BCUT2D eigenvalue weighted by Crippen LogP contribution is -2.58. The molecule has 0 aromatic heterocycles. The summed E-state index contributed by atoms with van der Waals surface area (Å²) in [7, 11) is -4.37. The van der Waals surface area contributed by atoms with Crippen LogP contribution in [0, 0.1) is 0 Å². The summed E-state index contributed by atoms with van der Waals surface area (Å²) in [6, 6.07) is 19.0. The summed E-state index contributed by atoms with van der Waals surface area (Å²) in [5.41, 5.74) is 7.71. The molecular formula is C35H45N6O7PS. The lowest BCUT2D eigenvalue weighted by atomic mass is 9.95. The third-order valence-corrected chi connectivity index (χ3v) is 11.7. The molecule has 2 fully saturated rings. The highest BCUT2D eigenvalue weighted by molar-refractivity contribution is 8.04. The van der Waals surface area contributed by atoms with Crippen LogP contribution < -0.4 is 26.6 Å². The molecule has 3 atom stereocenters. The molecule has 3 aromatic carbocycles. The van der Waals surface area contributed by atoms with Gasteiger partial charge in [0.05, 0.1) is 17.8 Å². The zero-order chi connectivity index (χ0) is 35.7. The highest BCUT2D eigenvalue weighted by Gasteiger charge is 2.37. The molecule has 2 heterocycles. The first-order valence-corrected chi connectivity index (χ1v) is 19.8. The Bertz CT molecular complexity index is 1720. The number of piperazine rings is 1. The van der Waals surface area contributed by atoms with Crippen LogP contribution in [0.1, 0.15) is 36.3 Å². The van der Waals surface area contributed by atoms with E-state index in [4.69, 9.17) is 5.73 Å². The van der Waals surface area contributed by atoms with Crippen molar-refractivity contribution in [3.8, 4) is 0 Å². The quantitative estimate of drug-likeness (QED) is 0.134. The molecule has 2 saturated heterocycles. The van der Waals surface area contributed by atoms with Crippen molar-refractivity contribution < 1.29 is 33.5 Å². The van der Waals surface area contributed by atoms with Crippen LogP contribution in [0.4, 0.5) is 5.69 Å². The molecule has 3 unspecified atom stereocenters. The van der Waals surface area contributed by atoms with Crippen molar-refractivity contribution in [3.63, 3.8) is 0 Å². The van der Waals surface area contributed by atoms with Crippen molar-refractivity contribution in [2.75, 3.05) is 55.4 Å². The highest BCUT2D eigenvalue weighted by atomic mass is 32.2. The average molecular weight is 725 g/mol. The van der Waals surface area contributed by atoms with E-state index in [9.17, 15) is 33.5 Å². The molecule has 4 amide bonds. The Kier molecular flexibility index (Phi) is 12.9. The SMILES string of the molecule is NC(=O)C(CNC(=O)C1CCCCN1C(=O)C(CSCP(=O)(O)O)NC(=O)Cc1ccc(N2CCNCC2)cc1)c1ccc2ccccc2c1. The molecule has 7 N–H and O–H groups in total. The van der Waals surface area contributed by atoms with Gasteiger partial charge < -0.3 is 41.3 Å². The van der Waals surface area contributed by atoms with Gasteiger partial charge in [0.2, 0.25) is 23.6 Å². The Hall–Kier alpha value is -3.94. The molecule has 268 valence electrons. The standard InChI is InChI=1S/C35H45N6O7PS/c36-33(43)29(27-11-10-25-5-1-2-6-26(25)20-27)21-38-34(44)31-7-3-4-16-41(31)35(45)30(22-50-23-49(46,47)48)39-32(42)19-24-8-12-28(13-9-24)40-17-14-37-15-18-40/h1-2,5-6,8-13,20,29-31,37H,3-4,7,14-19,21-23H2,(H2,36,43)(H,38,44)(H,39,42)(H2,46,47,48). The number of anilines is 1. The van der Waals surface area contributed by atoms with E-state index in [0.717, 1.165) is 60.0 Å². The summed E-state index contributed by atoms with van der Waals surface area (Å²) >= 11 is 0.864. The minimum atomic E-state index is -4.37. The van der Waals surface area contributed by atoms with E-state index in [1.807, 2.05) is 66.7 Å². The van der Waals surface area contributed by atoms with E-state index in [2.05, 4.69) is 20.9 Å². The van der Waals surface area contributed by atoms with E-state index in [1.54, 1.807) is 0 Å². The molecule has 0 spiro atoms. The minimum Gasteiger partial charge on any atom is -0.369 e. The Labute approximate surface area is 295 Å². The third-order valence-electron chi connectivity index (χ3n) is 9.05. The fraction of sp³-hybridized carbons (Fsp3) is 0.429. The molecule has 13 nitrogen and oxygen atoms in total. The predicted molar refractivity (Wildman–Crippen MR) is 195 cm³/mol. The number of likely N-dealkylation sites (tertiary alicyclic amines) is 1. The number of nitrogens with one attached hydrogen (secondary N) is 3. The molecule has 5 rings (SSSR count). The van der Waals surface area contributed by atoms with Gasteiger partial charge in [0.1, 0.15) is 12.1 Å². The number of carbonyl (C=O) groups excluding carboxylic acids is 4. The fourth-order valence-electron chi connectivity index (χ4n) is 6.44. The number of amides is 4. The Morgan fingerprint density at radius 2 is 1.68 bits per heavy atom. The maximum absolute atomic E-state index is 14.0. The number of fused-ring (bicyclic) bond motifs is 1. The molecular weight excluding hydrogens is 679 g/mol. The topological polar surface area (TPSA) is 194 Å². The normalized spacial score (nSPS) is 17.9. The maximum atomic E-state index is 14.0. The van der Waals surface area contributed by atoms with Crippen molar-refractivity contribution in [2.45, 2.75) is 43.7 Å². The van der Waals surface area contributed by atoms with Crippen molar-refractivity contribution in [2.24, 2.45) is 5.73 Å². The molecule has 3 aromatic rings. The second kappa shape index (κ2) is 17.3. The van der Waals surface area contributed by atoms with Crippen LogP contribution in [-0.4, -0.2) is 101 Å². The summed E-state index contributed by atoms with van der Waals surface area (Å²) in [6.07, 6.45) is 1.72. The number of primary amides is 1. The van der Waals surface area contributed by atoms with Gasteiger partial charge in [-0.05, 0) is 53.3 Å². The van der Waals surface area contributed by atoms with E-state index in [1.165, 1.54) is 4.90 Å². The molecule has 0 radical (unpaired) electrons. The van der Waals surface area contributed by atoms with Gasteiger partial charge in [-0.3, -0.25) is 23.7 Å². The summed E-state index contributed by atoms with van der Waals surface area (Å²) in [5, 5.41) is 10.9. The second-order valence-electron chi connectivity index (χ2n) is 12.7. The zero-order valence-corrected chi connectivity index (χ0v) is 29.5. The first kappa shape index (κ1) is 37.3. The van der Waals surface area contributed by atoms with E-state index in [-0.39, 0.29) is 25.3 Å². The van der Waals surface area contributed by atoms with Crippen molar-refractivity contribution in [1.82, 2.24) is 20.9 Å². The van der Waals surface area contributed by atoms with Gasteiger partial charge in [0.15, 0.2) is 0 Å². The summed E-state index contributed by atoms with van der Waals surface area (Å²) < 4.78 is 11.6. The molecule has 0 saturated carbocycles. The van der Waals surface area contributed by atoms with Crippen LogP contribution in [-0.2, 0) is 30.2 Å². The number of benzene rings is 3. The second-order valence-corrected chi connectivity index (χ2v) is 15.8. The number of carbonyl (C=O) groups is 4. The Balaban J connectivity index is 1.25. The van der Waals surface area contributed by atoms with Crippen molar-refractivity contribution in [1.29, 1.82) is 0 Å². The van der Waals surface area contributed by atoms with Gasteiger partial charge in [0, 0.05) is 50.7 Å². The van der Waals surface area contributed by atoms with Gasteiger partial charge in [-0.2, -0.15) is 0 Å². The maximum Gasteiger partial charge on any atom is 0.335 e. The van der Waals surface area contributed by atoms with Crippen molar-refractivity contribution >= 4 is 59.4 Å². The Morgan fingerprint density at radius 1 is 0.960 bits per heavy atom. The number of nitrogens with two attached hydrogens (primary N) is 1. The van der Waals surface area contributed by atoms with Gasteiger partial charge >= 0.3 is 7.60 Å². The van der Waals surface area contributed by atoms with Crippen LogP contribution >= 0.6 is 19.4 Å². The molecule has 2 aliphatic rings. The molecule has 2 aliphatic heterocycles. The summed E-state index contributed by atoms with van der Waals surface area (Å²) in [5.74, 6) is -2.85. The van der Waals surface area contributed by atoms with E-state index in [0.29, 0.717) is 24.8 Å². The minimum absolute atomic E-state index is 0.00195. The summed E-state index contributed by atoms with van der Waals surface area (Å²) in [6.45, 7) is 3.79. The number of nitrogens with zero attached hydrogens (tertiary/aromatic N) is 2. The third kappa shape index (κ3) is 10.3. The molecule has 0 aliphatic carbocycles. The lowest BCUT2D eigenvalue weighted by molar-refractivity contribution is -0.144. The number of hydrogen-bond donors (Lipinski definition) is 6. The molecule has 50 heavy (non-hydrogen) atoms. The van der Waals surface area contributed by atoms with E-state index < -0.39 is 54.7 Å². The first-order chi connectivity index (χ1) is 24.0. The number of piperidine rings is 1. The predicted octanol–water partition coefficient (Wildman–Crippen LogP) is 1.91. The first-order valence-electron chi connectivity index (χ1n) is 16.8. The average Bonchev–Trinajstić information content (AvgIpc) is 3.11. The lowest BCUT2D eigenvalue weighted by Gasteiger charge is -2.37. The van der Waals surface area contributed by atoms with Crippen LogP contribution in [0.3, 0.4) is 0 Å². The van der Waals surface area contributed by atoms with Gasteiger partial charge in [-0.25, -0.2) is 0 Å². The Morgan fingerprint density at radius 3 is 2.38 bits per heavy atom. The van der Waals surface area contributed by atoms with Crippen LogP contribution in [0.5, 0.6) is 0 Å². The summed E-state index contributed by atoms with van der Waals surface area (Å²) in [4.78, 5) is 75.9. The van der Waals surface area contributed by atoms with E-state index >= 15 is 0 Å². The molecule has 15 heteroatoms. The number of thioether (sulfide) groups is 1. The number of hydrogen-bond acceptors (Lipinski definition) is 8. The van der Waals surface area contributed by atoms with Gasteiger partial charge in [0.25, 0.3) is 0 Å². The van der Waals surface area contributed by atoms with Gasteiger partial charge in [-0.1, -0.05) is 54.6 Å². The smallest absolute Gasteiger partial charge is 0.335 e. The van der Waals surface area contributed by atoms with Crippen molar-refractivity contribution in [3.05, 3.63) is 77.9 Å². The number of rotatable bonds is 14. The fourth-order valence-corrected chi connectivity index (χ4v) is 8.27. The van der Waals surface area contributed by atoms with Crippen LogP contribution in [0.2, 0.25) is 0 Å². The monoisotopic (exact) mass is 724 g/mol. The zero-order valence-electron chi connectivity index (χ0n) is 27.8. The van der Waals surface area contributed by atoms with Gasteiger partial charge in [-0.15, -0.1) is 11.8 Å². The highest BCUT2D eigenvalue weighted by Crippen LogP contribution is 2.38. The molecule has 0 bridgehead atoms. The largest absolute Gasteiger partial charge is 0.369 e.